The third-order valence-electron chi connectivity index (χ3n) is 2.13. The smallest absolute Gasteiger partial charge is 0.310 e. The van der Waals surface area contributed by atoms with E-state index in [2.05, 4.69) is 9.97 Å². The van der Waals surface area contributed by atoms with Gasteiger partial charge >= 0.3 is 6.18 Å². The maximum atomic E-state index is 12.1. The minimum atomic E-state index is -4.24. The van der Waals surface area contributed by atoms with Gasteiger partial charge in [0.15, 0.2) is 0 Å². The molecule has 0 fully saturated rings. The normalized spacial score (nSPS) is 12.2. The number of hydrogen-bond donors (Lipinski definition) is 1. The summed E-state index contributed by atoms with van der Waals surface area (Å²) < 4.78 is 36.6. The first kappa shape index (κ1) is 14.5. The first-order valence-electron chi connectivity index (χ1n) is 5.06. The Kier molecular flexibility index (Phi) is 4.56. The summed E-state index contributed by atoms with van der Waals surface area (Å²) in [6.45, 7) is 3.69. The third kappa shape index (κ3) is 4.29. The maximum absolute atomic E-state index is 12.1. The lowest BCUT2D eigenvalue weighted by atomic mass is 10.1. The van der Waals surface area contributed by atoms with Gasteiger partial charge in [-0.1, -0.05) is 13.8 Å². The van der Waals surface area contributed by atoms with Gasteiger partial charge in [-0.3, -0.25) is 4.79 Å². The van der Waals surface area contributed by atoms with Crippen LogP contribution in [0.2, 0.25) is 0 Å². The number of nitrogens with zero attached hydrogens (tertiary/aromatic N) is 1. The molecule has 96 valence electrons. The molecule has 0 aliphatic rings. The highest BCUT2D eigenvalue weighted by molar-refractivity contribution is 14.1. The molecule has 0 bridgehead atoms. The van der Waals surface area contributed by atoms with E-state index < -0.39 is 12.6 Å². The lowest BCUT2D eigenvalue weighted by Crippen LogP contribution is -2.20. The van der Waals surface area contributed by atoms with E-state index >= 15 is 0 Å². The Bertz CT molecular complexity index is 454. The summed E-state index contributed by atoms with van der Waals surface area (Å²) in [6.07, 6.45) is -5.51. The molecule has 1 N–H and O–H groups in total. The SMILES string of the molecule is CC(C)c1nc(CCC(F)(F)F)[nH]c(=O)c1I. The molecule has 17 heavy (non-hydrogen) atoms. The van der Waals surface area contributed by atoms with Crippen molar-refractivity contribution >= 4 is 22.6 Å². The van der Waals surface area contributed by atoms with Crippen LogP contribution >= 0.6 is 22.6 Å². The van der Waals surface area contributed by atoms with E-state index in [1.807, 2.05) is 36.4 Å². The van der Waals surface area contributed by atoms with E-state index in [-0.39, 0.29) is 23.7 Å². The molecule has 1 rings (SSSR count). The molecular formula is C10H12F3IN2O. The van der Waals surface area contributed by atoms with Gasteiger partial charge in [0.05, 0.1) is 15.7 Å². The van der Waals surface area contributed by atoms with Gasteiger partial charge in [-0.15, -0.1) is 0 Å². The van der Waals surface area contributed by atoms with Crippen LogP contribution < -0.4 is 5.56 Å². The van der Waals surface area contributed by atoms with Crippen molar-refractivity contribution < 1.29 is 13.2 Å². The number of aromatic amines is 1. The monoisotopic (exact) mass is 360 g/mol. The predicted octanol–water partition coefficient (Wildman–Crippen LogP) is 2.99. The van der Waals surface area contributed by atoms with Crippen LogP contribution in [0.15, 0.2) is 4.79 Å². The lowest BCUT2D eigenvalue weighted by Gasteiger charge is -2.10. The van der Waals surface area contributed by atoms with E-state index in [4.69, 9.17) is 0 Å². The van der Waals surface area contributed by atoms with Crippen LogP contribution in [0.3, 0.4) is 0 Å². The first-order valence-corrected chi connectivity index (χ1v) is 6.14. The summed E-state index contributed by atoms with van der Waals surface area (Å²) in [6, 6.07) is 0. The molecule has 3 nitrogen and oxygen atoms in total. The summed E-state index contributed by atoms with van der Waals surface area (Å²) in [5.74, 6) is 0.102. The van der Waals surface area contributed by atoms with Gasteiger partial charge in [-0.05, 0) is 28.5 Å². The highest BCUT2D eigenvalue weighted by Gasteiger charge is 2.27. The van der Waals surface area contributed by atoms with Gasteiger partial charge in [0.25, 0.3) is 5.56 Å². The van der Waals surface area contributed by atoms with Crippen LogP contribution in [0.4, 0.5) is 13.2 Å². The second-order valence-corrected chi connectivity index (χ2v) is 5.06. The Morgan fingerprint density at radius 3 is 2.47 bits per heavy atom. The fourth-order valence-electron chi connectivity index (χ4n) is 1.29. The summed E-state index contributed by atoms with van der Waals surface area (Å²) in [5.41, 5.74) is 0.174. The van der Waals surface area contributed by atoms with Gasteiger partial charge in [-0.2, -0.15) is 13.2 Å². The van der Waals surface area contributed by atoms with E-state index in [1.54, 1.807) is 0 Å². The van der Waals surface area contributed by atoms with Crippen LogP contribution in [0.1, 0.15) is 37.7 Å². The lowest BCUT2D eigenvalue weighted by molar-refractivity contribution is -0.134. The fraction of sp³-hybridized carbons (Fsp3) is 0.600. The Balaban J connectivity index is 2.99. The third-order valence-corrected chi connectivity index (χ3v) is 3.17. The number of halogens is 4. The van der Waals surface area contributed by atoms with Crippen LogP contribution in [0.5, 0.6) is 0 Å². The molecule has 0 amide bonds. The van der Waals surface area contributed by atoms with Gasteiger partial charge < -0.3 is 4.98 Å². The first-order chi connectivity index (χ1) is 7.70. The molecule has 0 radical (unpaired) electrons. The Morgan fingerprint density at radius 2 is 2.00 bits per heavy atom. The second kappa shape index (κ2) is 5.36. The quantitative estimate of drug-likeness (QED) is 0.843. The second-order valence-electron chi connectivity index (χ2n) is 3.98. The number of alkyl halides is 3. The molecule has 0 unspecified atom stereocenters. The van der Waals surface area contributed by atoms with E-state index in [0.29, 0.717) is 9.26 Å². The standard InChI is InChI=1S/C10H12F3IN2O/c1-5(2)8-7(14)9(17)16-6(15-8)3-4-10(11,12)13/h5H,3-4H2,1-2H3,(H,15,16,17). The largest absolute Gasteiger partial charge is 0.389 e. The Labute approximate surface area is 110 Å². The highest BCUT2D eigenvalue weighted by Crippen LogP contribution is 2.22. The maximum Gasteiger partial charge on any atom is 0.389 e. The molecule has 0 saturated carbocycles. The van der Waals surface area contributed by atoms with Crippen molar-refractivity contribution in [2.45, 2.75) is 38.8 Å². The van der Waals surface area contributed by atoms with E-state index in [9.17, 15) is 18.0 Å². The summed E-state index contributed by atoms with van der Waals surface area (Å²) in [5, 5.41) is 0. The number of nitrogens with one attached hydrogen (secondary N) is 1. The Morgan fingerprint density at radius 1 is 1.41 bits per heavy atom. The average molecular weight is 360 g/mol. The van der Waals surface area contributed by atoms with Gasteiger partial charge in [-0.25, -0.2) is 4.98 Å². The molecule has 0 aromatic carbocycles. The minimum Gasteiger partial charge on any atom is -0.310 e. The summed E-state index contributed by atoms with van der Waals surface area (Å²) in [4.78, 5) is 17.9. The van der Waals surface area contributed by atoms with Crippen molar-refractivity contribution in [1.29, 1.82) is 0 Å². The van der Waals surface area contributed by atoms with Gasteiger partial charge in [0.2, 0.25) is 0 Å². The average Bonchev–Trinajstić information content (AvgIpc) is 2.18. The van der Waals surface area contributed by atoms with Crippen LogP contribution in [0, 0.1) is 3.57 Å². The molecule has 0 aliphatic carbocycles. The van der Waals surface area contributed by atoms with E-state index in [1.165, 1.54) is 0 Å². The van der Waals surface area contributed by atoms with Crippen molar-refractivity contribution in [2.24, 2.45) is 0 Å². The van der Waals surface area contributed by atoms with Gasteiger partial charge in [0.1, 0.15) is 5.82 Å². The fourth-order valence-corrected chi connectivity index (χ4v) is 2.16. The topological polar surface area (TPSA) is 45.8 Å². The number of rotatable bonds is 3. The molecule has 0 spiro atoms. The molecule has 0 saturated heterocycles. The van der Waals surface area contributed by atoms with E-state index in [0.717, 1.165) is 0 Å². The van der Waals surface area contributed by atoms with Crippen molar-refractivity contribution in [1.82, 2.24) is 9.97 Å². The van der Waals surface area contributed by atoms with Crippen LogP contribution in [-0.2, 0) is 6.42 Å². The van der Waals surface area contributed by atoms with Crippen molar-refractivity contribution in [3.8, 4) is 0 Å². The number of H-pyrrole nitrogens is 1. The molecular weight excluding hydrogens is 348 g/mol. The molecule has 0 aliphatic heterocycles. The number of hydrogen-bond acceptors (Lipinski definition) is 2. The zero-order valence-corrected chi connectivity index (χ0v) is 11.5. The highest BCUT2D eigenvalue weighted by atomic mass is 127. The zero-order chi connectivity index (χ0) is 13.2. The van der Waals surface area contributed by atoms with Crippen molar-refractivity contribution in [3.63, 3.8) is 0 Å². The zero-order valence-electron chi connectivity index (χ0n) is 9.36. The van der Waals surface area contributed by atoms with Crippen molar-refractivity contribution in [2.75, 3.05) is 0 Å². The Hall–Kier alpha value is -0.600. The number of aromatic nitrogens is 2. The molecule has 7 heteroatoms. The molecule has 0 atom stereocenters. The number of aryl methyl sites for hydroxylation is 1. The predicted molar refractivity (Wildman–Crippen MR) is 66.0 cm³/mol. The van der Waals surface area contributed by atoms with Gasteiger partial charge in [0, 0.05) is 6.42 Å². The molecule has 1 aromatic rings. The molecule has 1 heterocycles. The van der Waals surface area contributed by atoms with Crippen LogP contribution in [0.25, 0.3) is 0 Å². The summed E-state index contributed by atoms with van der Waals surface area (Å²) >= 11 is 1.85. The summed E-state index contributed by atoms with van der Waals surface area (Å²) in [7, 11) is 0. The minimum absolute atomic E-state index is 0.00818. The van der Waals surface area contributed by atoms with Crippen LogP contribution in [-0.4, -0.2) is 16.1 Å². The molecule has 1 aromatic heterocycles. The van der Waals surface area contributed by atoms with Crippen molar-refractivity contribution in [3.05, 3.63) is 25.4 Å².